The van der Waals surface area contributed by atoms with E-state index in [9.17, 15) is 9.59 Å². The number of rotatable bonds is 1. The van der Waals surface area contributed by atoms with Gasteiger partial charge in [0.05, 0.1) is 17.9 Å². The molecule has 3 aromatic rings. The third-order valence-electron chi connectivity index (χ3n) is 2.65. The second-order valence-electron chi connectivity index (χ2n) is 3.96. The van der Waals surface area contributed by atoms with E-state index in [2.05, 4.69) is 25.9 Å². The monoisotopic (exact) mass is 334 g/mol. The fourth-order valence-electron chi connectivity index (χ4n) is 1.76. The van der Waals surface area contributed by atoms with Gasteiger partial charge in [-0.1, -0.05) is 0 Å². The van der Waals surface area contributed by atoms with Gasteiger partial charge in [0.25, 0.3) is 5.91 Å². The number of benzene rings is 1. The van der Waals surface area contributed by atoms with Crippen molar-refractivity contribution in [1.82, 2.24) is 14.5 Å². The smallest absolute Gasteiger partial charge is 0.407 e. The second kappa shape index (κ2) is 4.57. The Bertz CT molecular complexity index is 867. The fourth-order valence-corrected chi connectivity index (χ4v) is 1.97. The summed E-state index contributed by atoms with van der Waals surface area (Å²) in [5.41, 5.74) is 6.66. The third-order valence-corrected chi connectivity index (χ3v) is 3.06. The summed E-state index contributed by atoms with van der Waals surface area (Å²) < 4.78 is 6.38. The van der Waals surface area contributed by atoms with Gasteiger partial charge in [0, 0.05) is 11.8 Å². The van der Waals surface area contributed by atoms with Gasteiger partial charge in [0.15, 0.2) is 5.58 Å². The zero-order chi connectivity index (χ0) is 14.3. The molecule has 1 aromatic carbocycles. The van der Waals surface area contributed by atoms with E-state index >= 15 is 0 Å². The summed E-state index contributed by atoms with van der Waals surface area (Å²) >= 11 is 3.12. The van der Waals surface area contributed by atoms with Crippen LogP contribution in [0.2, 0.25) is 0 Å². The topological polar surface area (TPSA) is 104 Å². The number of fused-ring (bicyclic) bond motifs is 1. The molecule has 3 rings (SSSR count). The Morgan fingerprint density at radius 2 is 2.10 bits per heavy atom. The van der Waals surface area contributed by atoms with Crippen molar-refractivity contribution in [2.45, 2.75) is 0 Å². The highest BCUT2D eigenvalue weighted by Crippen LogP contribution is 2.17. The first kappa shape index (κ1) is 12.5. The standard InChI is InChI=1S/C12H7BrN4O3/c13-10-5-15-7(4-16-10)11(18)17-8-2-1-6(14)3-9(8)20-12(17)19/h1-5H,14H2. The number of anilines is 1. The number of hydrogen-bond donors (Lipinski definition) is 1. The SMILES string of the molecule is Nc1ccc2c(c1)oc(=O)n2C(=O)c1cnc(Br)cn1. The average molecular weight is 335 g/mol. The molecule has 0 saturated heterocycles. The van der Waals surface area contributed by atoms with E-state index < -0.39 is 11.7 Å². The Labute approximate surface area is 120 Å². The maximum atomic E-state index is 12.3. The zero-order valence-corrected chi connectivity index (χ0v) is 11.5. The predicted molar refractivity (Wildman–Crippen MR) is 74.3 cm³/mol. The summed E-state index contributed by atoms with van der Waals surface area (Å²) in [5.74, 6) is -1.40. The number of carbonyl (C=O) groups excluding carboxylic acids is 1. The normalized spacial score (nSPS) is 10.8. The quantitative estimate of drug-likeness (QED) is 0.675. The Balaban J connectivity index is 2.19. The van der Waals surface area contributed by atoms with Crippen LogP contribution in [0.3, 0.4) is 0 Å². The van der Waals surface area contributed by atoms with Crippen molar-refractivity contribution in [3.63, 3.8) is 0 Å². The van der Waals surface area contributed by atoms with Crippen molar-refractivity contribution in [2.24, 2.45) is 0 Å². The maximum Gasteiger partial charge on any atom is 0.427 e. The lowest BCUT2D eigenvalue weighted by atomic mass is 10.3. The van der Waals surface area contributed by atoms with Crippen molar-refractivity contribution in [1.29, 1.82) is 0 Å². The molecule has 0 aliphatic heterocycles. The van der Waals surface area contributed by atoms with Gasteiger partial charge in [-0.25, -0.2) is 19.3 Å². The molecule has 0 fully saturated rings. The Morgan fingerprint density at radius 1 is 1.30 bits per heavy atom. The molecule has 2 heterocycles. The summed E-state index contributed by atoms with van der Waals surface area (Å²) in [5, 5.41) is 0. The summed E-state index contributed by atoms with van der Waals surface area (Å²) in [7, 11) is 0. The fraction of sp³-hybridized carbons (Fsp3) is 0. The molecule has 0 bridgehead atoms. The number of hydrogen-bond acceptors (Lipinski definition) is 6. The van der Waals surface area contributed by atoms with Crippen LogP contribution in [-0.4, -0.2) is 20.4 Å². The average Bonchev–Trinajstić information content (AvgIpc) is 2.73. The molecule has 0 saturated carbocycles. The molecule has 0 amide bonds. The highest BCUT2D eigenvalue weighted by atomic mass is 79.9. The summed E-state index contributed by atoms with van der Waals surface area (Å²) in [6.07, 6.45) is 2.65. The van der Waals surface area contributed by atoms with Gasteiger partial charge >= 0.3 is 5.76 Å². The molecule has 100 valence electrons. The van der Waals surface area contributed by atoms with Crippen LogP contribution in [0.4, 0.5) is 5.69 Å². The molecule has 0 radical (unpaired) electrons. The highest BCUT2D eigenvalue weighted by Gasteiger charge is 2.19. The first-order valence-electron chi connectivity index (χ1n) is 5.49. The summed E-state index contributed by atoms with van der Waals surface area (Å²) in [4.78, 5) is 31.9. The Morgan fingerprint density at radius 3 is 2.80 bits per heavy atom. The van der Waals surface area contributed by atoms with Crippen LogP contribution in [0, 0.1) is 0 Å². The van der Waals surface area contributed by atoms with E-state index in [0.717, 1.165) is 4.57 Å². The molecule has 0 unspecified atom stereocenters. The number of nitrogens with zero attached hydrogens (tertiary/aromatic N) is 3. The van der Waals surface area contributed by atoms with Gasteiger partial charge in [0.1, 0.15) is 10.3 Å². The number of halogens is 1. The Kier molecular flexibility index (Phi) is 2.87. The first-order chi connectivity index (χ1) is 9.56. The van der Waals surface area contributed by atoms with Crippen LogP contribution in [-0.2, 0) is 0 Å². The van der Waals surface area contributed by atoms with Gasteiger partial charge < -0.3 is 10.2 Å². The van der Waals surface area contributed by atoms with E-state index in [-0.39, 0.29) is 11.3 Å². The predicted octanol–water partition coefficient (Wildman–Crippen LogP) is 1.42. The van der Waals surface area contributed by atoms with Gasteiger partial charge in [-0.2, -0.15) is 0 Å². The van der Waals surface area contributed by atoms with Crippen LogP contribution in [0.5, 0.6) is 0 Å². The molecule has 20 heavy (non-hydrogen) atoms. The lowest BCUT2D eigenvalue weighted by molar-refractivity contribution is 0.0951. The summed E-state index contributed by atoms with van der Waals surface area (Å²) in [6, 6.07) is 4.60. The van der Waals surface area contributed by atoms with Gasteiger partial charge in [0.2, 0.25) is 0 Å². The van der Waals surface area contributed by atoms with Crippen LogP contribution < -0.4 is 11.5 Å². The largest absolute Gasteiger partial charge is 0.427 e. The summed E-state index contributed by atoms with van der Waals surface area (Å²) in [6.45, 7) is 0. The van der Waals surface area contributed by atoms with Crippen LogP contribution in [0.1, 0.15) is 10.5 Å². The van der Waals surface area contributed by atoms with Crippen LogP contribution >= 0.6 is 15.9 Å². The molecule has 0 spiro atoms. The number of nitrogen functional groups attached to an aromatic ring is 1. The van der Waals surface area contributed by atoms with E-state index in [4.69, 9.17) is 10.2 Å². The zero-order valence-electron chi connectivity index (χ0n) is 9.91. The maximum absolute atomic E-state index is 12.3. The number of oxazole rings is 1. The first-order valence-corrected chi connectivity index (χ1v) is 6.29. The lowest BCUT2D eigenvalue weighted by Crippen LogP contribution is -2.24. The number of carbonyl (C=O) groups is 1. The second-order valence-corrected chi connectivity index (χ2v) is 4.77. The van der Waals surface area contributed by atoms with Crippen LogP contribution in [0.15, 0.2) is 44.4 Å². The number of nitrogens with two attached hydrogens (primary N) is 1. The van der Waals surface area contributed by atoms with Crippen molar-refractivity contribution in [3.8, 4) is 0 Å². The van der Waals surface area contributed by atoms with Crippen molar-refractivity contribution >= 4 is 38.6 Å². The Hall–Kier alpha value is -2.48. The van der Waals surface area contributed by atoms with Gasteiger partial charge in [-0.3, -0.25) is 4.79 Å². The molecule has 2 N–H and O–H groups in total. The minimum absolute atomic E-state index is 0.0369. The molecule has 8 heteroatoms. The van der Waals surface area contributed by atoms with Crippen molar-refractivity contribution in [3.05, 3.63) is 51.4 Å². The van der Waals surface area contributed by atoms with E-state index in [0.29, 0.717) is 15.8 Å². The molecule has 0 aliphatic carbocycles. The molecular formula is C12H7BrN4O3. The number of aromatic nitrogens is 3. The lowest BCUT2D eigenvalue weighted by Gasteiger charge is -2.00. The van der Waals surface area contributed by atoms with Crippen LogP contribution in [0.25, 0.3) is 11.1 Å². The minimum atomic E-state index is -0.791. The van der Waals surface area contributed by atoms with Gasteiger partial charge in [-0.15, -0.1) is 0 Å². The molecule has 7 nitrogen and oxygen atoms in total. The molecular weight excluding hydrogens is 328 g/mol. The van der Waals surface area contributed by atoms with Gasteiger partial charge in [-0.05, 0) is 28.1 Å². The van der Waals surface area contributed by atoms with E-state index in [1.165, 1.54) is 18.5 Å². The molecule has 0 aliphatic rings. The minimum Gasteiger partial charge on any atom is -0.407 e. The molecule has 2 aromatic heterocycles. The van der Waals surface area contributed by atoms with E-state index in [1.807, 2.05) is 0 Å². The third kappa shape index (κ3) is 1.99. The molecule has 0 atom stereocenters. The van der Waals surface area contributed by atoms with Crippen molar-refractivity contribution in [2.75, 3.05) is 5.73 Å². The van der Waals surface area contributed by atoms with Crippen molar-refractivity contribution < 1.29 is 9.21 Å². The highest BCUT2D eigenvalue weighted by molar-refractivity contribution is 9.10. The van der Waals surface area contributed by atoms with E-state index in [1.54, 1.807) is 12.1 Å².